The summed E-state index contributed by atoms with van der Waals surface area (Å²) in [6, 6.07) is 17.9. The van der Waals surface area contributed by atoms with Crippen LogP contribution < -0.4 is 10.9 Å². The van der Waals surface area contributed by atoms with Crippen molar-refractivity contribution in [3.05, 3.63) is 94.7 Å². The Bertz CT molecular complexity index is 1580. The number of hydrogen-bond donors (Lipinski definition) is 1. The summed E-state index contributed by atoms with van der Waals surface area (Å²) in [6.45, 7) is -1.12. The van der Waals surface area contributed by atoms with E-state index in [1.54, 1.807) is 18.2 Å². The van der Waals surface area contributed by atoms with Crippen molar-refractivity contribution in [3.8, 4) is 11.4 Å². The van der Waals surface area contributed by atoms with Crippen LogP contribution in [0.25, 0.3) is 33.3 Å². The molecule has 1 N–H and O–H groups in total. The molecule has 3 aromatic carbocycles. The van der Waals surface area contributed by atoms with Crippen molar-refractivity contribution in [2.75, 3.05) is 12.0 Å². The van der Waals surface area contributed by atoms with E-state index in [4.69, 9.17) is 4.42 Å². The SMILES string of the molecule is O=CCn1c(-c2ccccc2F)ncc(NC(CF)c2ccc3oc4ccccc4c3c2)c1=O. The molecule has 6 nitrogen and oxygen atoms in total. The average molecular weight is 459 g/mol. The van der Waals surface area contributed by atoms with Gasteiger partial charge in [-0.15, -0.1) is 0 Å². The second-order valence-corrected chi connectivity index (χ2v) is 7.76. The monoisotopic (exact) mass is 459 g/mol. The molecule has 0 radical (unpaired) electrons. The molecule has 0 aliphatic carbocycles. The predicted octanol–water partition coefficient (Wildman–Crippen LogP) is 5.27. The molecule has 2 heterocycles. The van der Waals surface area contributed by atoms with Gasteiger partial charge in [0.1, 0.15) is 41.5 Å². The average Bonchev–Trinajstić information content (AvgIpc) is 3.23. The maximum Gasteiger partial charge on any atom is 0.277 e. The number of hydrogen-bond acceptors (Lipinski definition) is 5. The van der Waals surface area contributed by atoms with E-state index in [2.05, 4.69) is 10.3 Å². The minimum Gasteiger partial charge on any atom is -0.456 e. The lowest BCUT2D eigenvalue weighted by Crippen LogP contribution is -2.28. The predicted molar refractivity (Wildman–Crippen MR) is 126 cm³/mol. The number of carbonyl (C=O) groups is 1. The maximum atomic E-state index is 14.3. The normalized spacial score (nSPS) is 12.2. The highest BCUT2D eigenvalue weighted by atomic mass is 19.1. The Morgan fingerprint density at radius 2 is 1.79 bits per heavy atom. The topological polar surface area (TPSA) is 77.1 Å². The van der Waals surface area contributed by atoms with Gasteiger partial charge in [0, 0.05) is 10.8 Å². The Morgan fingerprint density at radius 1 is 1.03 bits per heavy atom. The standard InChI is InChI=1S/C26H19F2N3O3/c27-14-21(16-9-10-24-19(13-16)17-5-2-4-8-23(17)34-24)30-22-15-29-25(31(11-12-32)26(22)33)18-6-1-3-7-20(18)28/h1-10,12-13,15,21,30H,11,14H2. The number of halogens is 2. The van der Waals surface area contributed by atoms with Crippen LogP contribution >= 0.6 is 0 Å². The van der Waals surface area contributed by atoms with Crippen LogP contribution in [0.5, 0.6) is 0 Å². The molecule has 0 aliphatic heterocycles. The summed E-state index contributed by atoms with van der Waals surface area (Å²) >= 11 is 0. The highest BCUT2D eigenvalue weighted by Gasteiger charge is 2.19. The number of alkyl halides is 1. The second-order valence-electron chi connectivity index (χ2n) is 7.76. The van der Waals surface area contributed by atoms with Crippen molar-refractivity contribution < 1.29 is 18.0 Å². The lowest BCUT2D eigenvalue weighted by Gasteiger charge is -2.18. The molecule has 0 saturated heterocycles. The number of carbonyl (C=O) groups excluding carboxylic acids is 1. The number of anilines is 1. The van der Waals surface area contributed by atoms with Gasteiger partial charge in [-0.25, -0.2) is 13.8 Å². The van der Waals surface area contributed by atoms with Gasteiger partial charge in [0.05, 0.1) is 24.3 Å². The molecule has 0 saturated carbocycles. The number of benzene rings is 3. The molecular formula is C26H19F2N3O3. The fourth-order valence-electron chi connectivity index (χ4n) is 4.05. The van der Waals surface area contributed by atoms with Crippen molar-refractivity contribution in [2.45, 2.75) is 12.6 Å². The fourth-order valence-corrected chi connectivity index (χ4v) is 4.05. The number of nitrogens with zero attached hydrogens (tertiary/aromatic N) is 2. The summed E-state index contributed by atoms with van der Waals surface area (Å²) < 4.78 is 35.3. The van der Waals surface area contributed by atoms with Crippen LogP contribution in [0.1, 0.15) is 11.6 Å². The molecule has 0 spiro atoms. The molecule has 5 aromatic rings. The number of para-hydroxylation sites is 1. The third kappa shape index (κ3) is 3.73. The van der Waals surface area contributed by atoms with Crippen molar-refractivity contribution in [1.82, 2.24) is 9.55 Å². The molecular weight excluding hydrogens is 440 g/mol. The summed E-state index contributed by atoms with van der Waals surface area (Å²) in [7, 11) is 0. The van der Waals surface area contributed by atoms with Crippen LogP contribution in [-0.4, -0.2) is 22.5 Å². The number of rotatable bonds is 7. The third-order valence-electron chi connectivity index (χ3n) is 5.71. The summed E-state index contributed by atoms with van der Waals surface area (Å²) in [4.78, 5) is 28.6. The van der Waals surface area contributed by atoms with Gasteiger partial charge in [-0.2, -0.15) is 0 Å². The second kappa shape index (κ2) is 8.90. The molecule has 0 bridgehead atoms. The highest BCUT2D eigenvalue weighted by molar-refractivity contribution is 6.05. The molecule has 0 aliphatic rings. The van der Waals surface area contributed by atoms with Crippen molar-refractivity contribution in [2.24, 2.45) is 0 Å². The van der Waals surface area contributed by atoms with Gasteiger partial charge >= 0.3 is 0 Å². The minimum atomic E-state index is -0.850. The zero-order chi connectivity index (χ0) is 23.7. The first-order valence-corrected chi connectivity index (χ1v) is 10.6. The van der Waals surface area contributed by atoms with Crippen LogP contribution in [0, 0.1) is 5.82 Å². The van der Waals surface area contributed by atoms with Gasteiger partial charge in [-0.3, -0.25) is 9.36 Å². The van der Waals surface area contributed by atoms with Gasteiger partial charge in [-0.05, 0) is 35.9 Å². The molecule has 0 fully saturated rings. The Kier molecular flexibility index (Phi) is 5.63. The van der Waals surface area contributed by atoms with Gasteiger partial charge in [-0.1, -0.05) is 36.4 Å². The quantitative estimate of drug-likeness (QED) is 0.336. The lowest BCUT2D eigenvalue weighted by molar-refractivity contribution is -0.108. The largest absolute Gasteiger partial charge is 0.456 e. The molecule has 2 aromatic heterocycles. The van der Waals surface area contributed by atoms with Gasteiger partial charge < -0.3 is 14.5 Å². The fraction of sp³-hybridized carbons (Fsp3) is 0.115. The van der Waals surface area contributed by atoms with Crippen LogP contribution in [0.15, 0.2) is 82.1 Å². The van der Waals surface area contributed by atoms with E-state index in [0.717, 1.165) is 20.9 Å². The van der Waals surface area contributed by atoms with Crippen LogP contribution in [0.2, 0.25) is 0 Å². The Balaban J connectivity index is 1.54. The van der Waals surface area contributed by atoms with Crippen molar-refractivity contribution >= 4 is 33.9 Å². The zero-order valence-corrected chi connectivity index (χ0v) is 17.9. The van der Waals surface area contributed by atoms with E-state index < -0.39 is 24.1 Å². The molecule has 170 valence electrons. The maximum absolute atomic E-state index is 14.3. The first-order chi connectivity index (χ1) is 16.6. The van der Waals surface area contributed by atoms with E-state index >= 15 is 0 Å². The number of furan rings is 1. The highest BCUT2D eigenvalue weighted by Crippen LogP contribution is 2.31. The smallest absolute Gasteiger partial charge is 0.277 e. The summed E-state index contributed by atoms with van der Waals surface area (Å²) in [5, 5.41) is 4.64. The van der Waals surface area contributed by atoms with Crippen molar-refractivity contribution in [3.63, 3.8) is 0 Å². The van der Waals surface area contributed by atoms with Gasteiger partial charge in [0.15, 0.2) is 0 Å². The molecule has 5 rings (SSSR count). The summed E-state index contributed by atoms with van der Waals surface area (Å²) in [6.07, 6.45) is 1.77. The van der Waals surface area contributed by atoms with E-state index in [-0.39, 0.29) is 23.6 Å². The molecule has 1 unspecified atom stereocenters. The Labute approximate surface area is 192 Å². The number of nitrogens with one attached hydrogen (secondary N) is 1. The van der Waals surface area contributed by atoms with E-state index in [9.17, 15) is 18.4 Å². The third-order valence-corrected chi connectivity index (χ3v) is 5.71. The molecule has 1 atom stereocenters. The molecule has 8 heteroatoms. The van der Waals surface area contributed by atoms with Gasteiger partial charge in [0.25, 0.3) is 5.56 Å². The van der Waals surface area contributed by atoms with Gasteiger partial charge in [0.2, 0.25) is 0 Å². The van der Waals surface area contributed by atoms with E-state index in [1.807, 2.05) is 30.3 Å². The lowest BCUT2D eigenvalue weighted by atomic mass is 10.0. The Morgan fingerprint density at radius 3 is 2.59 bits per heavy atom. The Hall–Kier alpha value is -4.33. The summed E-state index contributed by atoms with van der Waals surface area (Å²) in [5.74, 6) is -0.555. The number of fused-ring (bicyclic) bond motifs is 3. The minimum absolute atomic E-state index is 0.00161. The summed E-state index contributed by atoms with van der Waals surface area (Å²) in [5.41, 5.74) is 1.50. The van der Waals surface area contributed by atoms with Crippen molar-refractivity contribution in [1.29, 1.82) is 0 Å². The molecule has 34 heavy (non-hydrogen) atoms. The molecule has 0 amide bonds. The van der Waals surface area contributed by atoms with Crippen LogP contribution in [0.4, 0.5) is 14.5 Å². The first-order valence-electron chi connectivity index (χ1n) is 10.6. The number of aromatic nitrogens is 2. The first kappa shape index (κ1) is 21.5. The van der Waals surface area contributed by atoms with E-state index in [1.165, 1.54) is 24.4 Å². The van der Waals surface area contributed by atoms with E-state index in [0.29, 0.717) is 17.4 Å². The van der Waals surface area contributed by atoms with Crippen LogP contribution in [-0.2, 0) is 11.3 Å². The zero-order valence-electron chi connectivity index (χ0n) is 17.9. The number of aldehydes is 1. The van der Waals surface area contributed by atoms with Crippen LogP contribution in [0.3, 0.4) is 0 Å².